The first-order valence-electron chi connectivity index (χ1n) is 8.30. The number of fused-ring (bicyclic) bond motifs is 1. The number of thioether (sulfide) groups is 1. The summed E-state index contributed by atoms with van der Waals surface area (Å²) in [7, 11) is 0. The van der Waals surface area contributed by atoms with Crippen molar-refractivity contribution in [3.63, 3.8) is 0 Å². The van der Waals surface area contributed by atoms with Crippen molar-refractivity contribution in [2.24, 2.45) is 0 Å². The van der Waals surface area contributed by atoms with Gasteiger partial charge in [0.05, 0.1) is 22.8 Å². The zero-order valence-corrected chi connectivity index (χ0v) is 15.2. The molecule has 1 atom stereocenters. The molecule has 0 aliphatic heterocycles. The number of aromatic amines is 1. The Morgan fingerprint density at radius 1 is 1.22 bits per heavy atom. The second kappa shape index (κ2) is 7.58. The molecule has 0 spiro atoms. The second-order valence-corrected chi connectivity index (χ2v) is 6.75. The lowest BCUT2D eigenvalue weighted by molar-refractivity contribution is -0.119. The Labute approximate surface area is 158 Å². The molecule has 0 aliphatic carbocycles. The van der Waals surface area contributed by atoms with E-state index in [9.17, 15) is 4.79 Å². The highest BCUT2D eigenvalue weighted by Crippen LogP contribution is 2.22. The van der Waals surface area contributed by atoms with Gasteiger partial charge in [-0.2, -0.15) is 0 Å². The summed E-state index contributed by atoms with van der Waals surface area (Å²) in [6.45, 7) is 1.88. The first-order valence-corrected chi connectivity index (χ1v) is 9.28. The number of imidazole rings is 1. The van der Waals surface area contributed by atoms with Crippen LogP contribution in [0.5, 0.6) is 0 Å². The van der Waals surface area contributed by atoms with Crippen molar-refractivity contribution in [1.29, 1.82) is 0 Å². The van der Waals surface area contributed by atoms with Crippen molar-refractivity contribution >= 4 is 28.7 Å². The molecule has 0 saturated heterocycles. The molecule has 1 amide bonds. The molecule has 0 fully saturated rings. The summed E-state index contributed by atoms with van der Waals surface area (Å²) in [5.41, 5.74) is 2.60. The highest BCUT2D eigenvalue weighted by Gasteiger charge is 2.15. The van der Waals surface area contributed by atoms with E-state index >= 15 is 0 Å². The Morgan fingerprint density at radius 3 is 2.85 bits per heavy atom. The molecule has 0 radical (unpaired) electrons. The van der Waals surface area contributed by atoms with Crippen LogP contribution in [0.4, 0.5) is 0 Å². The van der Waals surface area contributed by atoms with Crippen LogP contribution in [0.25, 0.3) is 22.5 Å². The molecule has 2 N–H and O–H groups in total. The summed E-state index contributed by atoms with van der Waals surface area (Å²) >= 11 is 1.19. The molecule has 0 saturated carbocycles. The molecule has 1 aromatic carbocycles. The van der Waals surface area contributed by atoms with Gasteiger partial charge in [0, 0.05) is 18.0 Å². The highest BCUT2D eigenvalue weighted by molar-refractivity contribution is 7.99. The number of hydrogen-bond donors (Lipinski definition) is 2. The summed E-state index contributed by atoms with van der Waals surface area (Å²) in [6.07, 6.45) is 3.30. The van der Waals surface area contributed by atoms with Gasteiger partial charge in [0.15, 0.2) is 0 Å². The predicted molar refractivity (Wildman–Crippen MR) is 101 cm³/mol. The standard InChI is InChI=1S/C18H16N6O2S/c1-11(16-21-13-4-2-3-5-14(13)22-16)20-15(25)10-27-18-24-23-17(26-18)12-6-8-19-9-7-12/h2-9,11H,10H2,1H3,(H,20,25)(H,21,22). The van der Waals surface area contributed by atoms with Crippen LogP contribution in [0.3, 0.4) is 0 Å². The number of nitrogens with zero attached hydrogens (tertiary/aromatic N) is 4. The maximum atomic E-state index is 12.2. The van der Waals surface area contributed by atoms with Gasteiger partial charge in [0.1, 0.15) is 5.82 Å². The van der Waals surface area contributed by atoms with Crippen molar-refractivity contribution < 1.29 is 9.21 Å². The van der Waals surface area contributed by atoms with E-state index in [4.69, 9.17) is 4.42 Å². The van der Waals surface area contributed by atoms with E-state index in [1.54, 1.807) is 24.5 Å². The highest BCUT2D eigenvalue weighted by atomic mass is 32.2. The molecular formula is C18H16N6O2S. The number of nitrogens with one attached hydrogen (secondary N) is 2. The summed E-state index contributed by atoms with van der Waals surface area (Å²) in [6, 6.07) is 11.1. The van der Waals surface area contributed by atoms with Crippen LogP contribution in [0.1, 0.15) is 18.8 Å². The molecule has 27 heavy (non-hydrogen) atoms. The number of carbonyl (C=O) groups is 1. The Bertz CT molecular complexity index is 1030. The van der Waals surface area contributed by atoms with Crippen molar-refractivity contribution in [3.8, 4) is 11.5 Å². The number of para-hydroxylation sites is 2. The fourth-order valence-electron chi connectivity index (χ4n) is 2.54. The van der Waals surface area contributed by atoms with Crippen molar-refractivity contribution in [1.82, 2.24) is 30.5 Å². The van der Waals surface area contributed by atoms with Gasteiger partial charge in [-0.25, -0.2) is 4.98 Å². The average Bonchev–Trinajstić information content (AvgIpc) is 3.34. The third-order valence-corrected chi connectivity index (χ3v) is 4.67. The van der Waals surface area contributed by atoms with E-state index in [-0.39, 0.29) is 17.7 Å². The number of benzene rings is 1. The second-order valence-electron chi connectivity index (χ2n) is 5.83. The van der Waals surface area contributed by atoms with E-state index in [0.29, 0.717) is 16.9 Å². The first kappa shape index (κ1) is 17.2. The average molecular weight is 380 g/mol. The third kappa shape index (κ3) is 3.98. The normalized spacial score (nSPS) is 12.2. The minimum atomic E-state index is -0.236. The SMILES string of the molecule is CC(NC(=O)CSc1nnc(-c2ccncc2)o1)c1nc2ccccc2[nH]1. The zero-order valence-electron chi connectivity index (χ0n) is 14.4. The van der Waals surface area contributed by atoms with Gasteiger partial charge in [-0.3, -0.25) is 9.78 Å². The lowest BCUT2D eigenvalue weighted by atomic mass is 10.3. The number of carbonyl (C=O) groups excluding carboxylic acids is 1. The number of pyridine rings is 1. The van der Waals surface area contributed by atoms with Gasteiger partial charge in [0.25, 0.3) is 5.22 Å². The van der Waals surface area contributed by atoms with Crippen LogP contribution in [0.2, 0.25) is 0 Å². The fourth-order valence-corrected chi connectivity index (χ4v) is 3.11. The number of aromatic nitrogens is 5. The fraction of sp³-hybridized carbons (Fsp3) is 0.167. The van der Waals surface area contributed by atoms with Crippen molar-refractivity contribution in [3.05, 3.63) is 54.6 Å². The maximum absolute atomic E-state index is 12.2. The zero-order chi connectivity index (χ0) is 18.6. The maximum Gasteiger partial charge on any atom is 0.277 e. The van der Waals surface area contributed by atoms with Crippen LogP contribution >= 0.6 is 11.8 Å². The van der Waals surface area contributed by atoms with Crippen LogP contribution in [-0.2, 0) is 4.79 Å². The minimum Gasteiger partial charge on any atom is -0.411 e. The molecule has 4 rings (SSSR count). The summed E-state index contributed by atoms with van der Waals surface area (Å²) in [4.78, 5) is 23.9. The Morgan fingerprint density at radius 2 is 2.04 bits per heavy atom. The van der Waals surface area contributed by atoms with E-state index < -0.39 is 0 Å². The topological polar surface area (TPSA) is 110 Å². The molecule has 8 nitrogen and oxygen atoms in total. The van der Waals surface area contributed by atoms with Crippen LogP contribution < -0.4 is 5.32 Å². The lowest BCUT2D eigenvalue weighted by Crippen LogP contribution is -2.28. The molecule has 1 unspecified atom stereocenters. The van der Waals surface area contributed by atoms with Gasteiger partial charge in [-0.05, 0) is 31.2 Å². The molecule has 0 aliphatic rings. The number of hydrogen-bond acceptors (Lipinski definition) is 7. The van der Waals surface area contributed by atoms with Gasteiger partial charge in [-0.1, -0.05) is 23.9 Å². The largest absolute Gasteiger partial charge is 0.411 e. The minimum absolute atomic E-state index is 0.142. The molecule has 3 aromatic heterocycles. The predicted octanol–water partition coefficient (Wildman–Crippen LogP) is 2.98. The Kier molecular flexibility index (Phi) is 4.84. The third-order valence-electron chi connectivity index (χ3n) is 3.86. The van der Waals surface area contributed by atoms with Gasteiger partial charge < -0.3 is 14.7 Å². The quantitative estimate of drug-likeness (QED) is 0.495. The van der Waals surface area contributed by atoms with Crippen LogP contribution in [0, 0.1) is 0 Å². The van der Waals surface area contributed by atoms with Crippen LogP contribution in [-0.4, -0.2) is 36.8 Å². The molecule has 136 valence electrons. The molecule has 0 bridgehead atoms. The number of H-pyrrole nitrogens is 1. The van der Waals surface area contributed by atoms with Gasteiger partial charge in [-0.15, -0.1) is 10.2 Å². The van der Waals surface area contributed by atoms with Crippen molar-refractivity contribution in [2.75, 3.05) is 5.75 Å². The summed E-state index contributed by atoms with van der Waals surface area (Å²) in [5, 5.41) is 11.2. The monoisotopic (exact) mass is 380 g/mol. The van der Waals surface area contributed by atoms with E-state index in [2.05, 4.69) is 30.5 Å². The van der Waals surface area contributed by atoms with Crippen molar-refractivity contribution in [2.45, 2.75) is 18.2 Å². The molecule has 9 heteroatoms. The summed E-state index contributed by atoms with van der Waals surface area (Å²) < 4.78 is 5.56. The van der Waals surface area contributed by atoms with E-state index in [0.717, 1.165) is 16.6 Å². The van der Waals surface area contributed by atoms with Crippen LogP contribution in [0.15, 0.2) is 58.4 Å². The number of rotatable bonds is 6. The number of amides is 1. The lowest BCUT2D eigenvalue weighted by Gasteiger charge is -2.10. The first-order chi connectivity index (χ1) is 13.2. The summed E-state index contributed by atoms with van der Waals surface area (Å²) in [5.74, 6) is 1.14. The molecular weight excluding hydrogens is 364 g/mol. The van der Waals surface area contributed by atoms with Gasteiger partial charge in [0.2, 0.25) is 11.8 Å². The van der Waals surface area contributed by atoms with E-state index in [1.165, 1.54) is 11.8 Å². The Balaban J connectivity index is 1.33. The molecule has 4 aromatic rings. The Hall–Kier alpha value is -3.20. The van der Waals surface area contributed by atoms with Gasteiger partial charge >= 0.3 is 0 Å². The van der Waals surface area contributed by atoms with E-state index in [1.807, 2.05) is 31.2 Å². The molecule has 3 heterocycles. The smallest absolute Gasteiger partial charge is 0.277 e.